The van der Waals surface area contributed by atoms with Crippen LogP contribution in [0.5, 0.6) is 0 Å². The van der Waals surface area contributed by atoms with Gasteiger partial charge in [0.25, 0.3) is 0 Å². The molecule has 1 aromatic carbocycles. The monoisotopic (exact) mass is 313 g/mol. The molecule has 21 heavy (non-hydrogen) atoms. The van der Waals surface area contributed by atoms with Crippen LogP contribution in [-0.4, -0.2) is 37.7 Å². The first-order chi connectivity index (χ1) is 9.95. The van der Waals surface area contributed by atoms with Gasteiger partial charge in [-0.15, -0.1) is 0 Å². The predicted octanol–water partition coefficient (Wildman–Crippen LogP) is 3.25. The first kappa shape index (κ1) is 16.4. The molecule has 0 saturated carbocycles. The van der Waals surface area contributed by atoms with E-state index in [1.165, 1.54) is 24.3 Å². The molecule has 0 aromatic heterocycles. The second-order valence-electron chi connectivity index (χ2n) is 5.84. The highest BCUT2D eigenvalue weighted by atomic mass is 32.2. The van der Waals surface area contributed by atoms with Crippen molar-refractivity contribution < 1.29 is 12.8 Å². The Labute approximate surface area is 127 Å². The highest BCUT2D eigenvalue weighted by Gasteiger charge is 2.45. The number of nitrogens with zero attached hydrogens (tertiary/aromatic N) is 1. The molecule has 0 atom stereocenters. The van der Waals surface area contributed by atoms with E-state index in [1.807, 2.05) is 6.92 Å². The van der Waals surface area contributed by atoms with Gasteiger partial charge in [0, 0.05) is 0 Å². The van der Waals surface area contributed by atoms with Crippen molar-refractivity contribution in [3.05, 3.63) is 30.1 Å². The summed E-state index contributed by atoms with van der Waals surface area (Å²) in [6.07, 6.45) is 3.00. The van der Waals surface area contributed by atoms with Crippen LogP contribution in [-0.2, 0) is 9.84 Å². The zero-order valence-electron chi connectivity index (χ0n) is 12.8. The molecule has 0 unspecified atom stereocenters. The van der Waals surface area contributed by atoms with Crippen LogP contribution < -0.4 is 0 Å². The highest BCUT2D eigenvalue weighted by molar-refractivity contribution is 7.92. The Kier molecular flexibility index (Phi) is 5.04. The lowest BCUT2D eigenvalue weighted by molar-refractivity contribution is 0.192. The molecule has 0 radical (unpaired) electrons. The van der Waals surface area contributed by atoms with Crippen molar-refractivity contribution in [3.63, 3.8) is 0 Å². The summed E-state index contributed by atoms with van der Waals surface area (Å²) in [5.74, 6) is -0.405. The molecule has 1 saturated heterocycles. The van der Waals surface area contributed by atoms with Crippen molar-refractivity contribution in [3.8, 4) is 0 Å². The Balaban J connectivity index is 2.26. The van der Waals surface area contributed by atoms with Crippen LogP contribution in [0.3, 0.4) is 0 Å². The normalized spacial score (nSPS) is 19.6. The van der Waals surface area contributed by atoms with Crippen LogP contribution in [0.25, 0.3) is 0 Å². The Morgan fingerprint density at radius 1 is 1.14 bits per heavy atom. The average Bonchev–Trinajstić information content (AvgIpc) is 2.49. The Morgan fingerprint density at radius 2 is 1.71 bits per heavy atom. The molecule has 3 nitrogen and oxygen atoms in total. The van der Waals surface area contributed by atoms with E-state index in [2.05, 4.69) is 11.8 Å². The van der Waals surface area contributed by atoms with Crippen LogP contribution in [0.1, 0.15) is 39.5 Å². The Bertz CT molecular complexity index is 560. The van der Waals surface area contributed by atoms with E-state index >= 15 is 0 Å². The van der Waals surface area contributed by atoms with Crippen molar-refractivity contribution in [1.82, 2.24) is 4.90 Å². The molecule has 1 fully saturated rings. The molecule has 0 bridgehead atoms. The van der Waals surface area contributed by atoms with Crippen LogP contribution in [0.4, 0.5) is 4.39 Å². The van der Waals surface area contributed by atoms with Gasteiger partial charge in [0.1, 0.15) is 5.82 Å². The third-order valence-electron chi connectivity index (χ3n) is 4.65. The Hall–Kier alpha value is -0.940. The van der Waals surface area contributed by atoms with E-state index in [4.69, 9.17) is 0 Å². The lowest BCUT2D eigenvalue weighted by Crippen LogP contribution is -2.49. The third kappa shape index (κ3) is 3.14. The van der Waals surface area contributed by atoms with E-state index in [0.717, 1.165) is 26.1 Å². The van der Waals surface area contributed by atoms with Crippen LogP contribution in [0.2, 0.25) is 0 Å². The summed E-state index contributed by atoms with van der Waals surface area (Å²) < 4.78 is 38.3. The molecule has 118 valence electrons. The summed E-state index contributed by atoms with van der Waals surface area (Å²) in [4.78, 5) is 2.57. The maximum absolute atomic E-state index is 13.0. The topological polar surface area (TPSA) is 37.4 Å². The zero-order valence-corrected chi connectivity index (χ0v) is 13.6. The zero-order chi connectivity index (χ0) is 15.5. The standard InChI is InChI=1S/C16H24FNO2S/c1-3-11-18-12-9-16(4-2,10-13-18)21(19,20)15-7-5-14(17)6-8-15/h5-8H,3-4,9-13H2,1-2H3. The molecule has 0 amide bonds. The first-order valence-corrected chi connectivity index (χ1v) is 9.16. The number of rotatable bonds is 5. The van der Waals surface area contributed by atoms with Crippen molar-refractivity contribution in [2.24, 2.45) is 0 Å². The fourth-order valence-corrected chi connectivity index (χ4v) is 5.27. The van der Waals surface area contributed by atoms with Crippen LogP contribution in [0, 0.1) is 5.82 Å². The number of likely N-dealkylation sites (tertiary alicyclic amines) is 1. The number of sulfone groups is 1. The van der Waals surface area contributed by atoms with Crippen molar-refractivity contribution >= 4 is 9.84 Å². The van der Waals surface area contributed by atoms with E-state index in [0.29, 0.717) is 19.3 Å². The van der Waals surface area contributed by atoms with Crippen molar-refractivity contribution in [1.29, 1.82) is 0 Å². The van der Waals surface area contributed by atoms with E-state index in [-0.39, 0.29) is 4.90 Å². The van der Waals surface area contributed by atoms with Crippen LogP contribution in [0.15, 0.2) is 29.2 Å². The summed E-state index contributed by atoms with van der Waals surface area (Å²) >= 11 is 0. The summed E-state index contributed by atoms with van der Waals surface area (Å²) in [6, 6.07) is 5.23. The minimum absolute atomic E-state index is 0.245. The van der Waals surface area contributed by atoms with Gasteiger partial charge in [-0.25, -0.2) is 12.8 Å². The molecule has 1 aliphatic heterocycles. The minimum atomic E-state index is -3.42. The fraction of sp³-hybridized carbons (Fsp3) is 0.625. The molecule has 5 heteroatoms. The summed E-state index contributed by atoms with van der Waals surface area (Å²) in [5, 5.41) is 0. The van der Waals surface area contributed by atoms with Crippen molar-refractivity contribution in [2.45, 2.75) is 49.2 Å². The second kappa shape index (κ2) is 6.44. The quantitative estimate of drug-likeness (QED) is 0.783. The van der Waals surface area contributed by atoms with E-state index < -0.39 is 20.4 Å². The van der Waals surface area contributed by atoms with Gasteiger partial charge in [-0.05, 0) is 69.6 Å². The average molecular weight is 313 g/mol. The van der Waals surface area contributed by atoms with E-state index in [1.54, 1.807) is 0 Å². The van der Waals surface area contributed by atoms with Gasteiger partial charge < -0.3 is 4.90 Å². The molecular formula is C16H24FNO2S. The van der Waals surface area contributed by atoms with Gasteiger partial charge in [0.05, 0.1) is 9.64 Å². The highest BCUT2D eigenvalue weighted by Crippen LogP contribution is 2.38. The number of benzene rings is 1. The van der Waals surface area contributed by atoms with Gasteiger partial charge in [0.2, 0.25) is 0 Å². The lowest BCUT2D eigenvalue weighted by Gasteiger charge is -2.40. The third-order valence-corrected chi connectivity index (χ3v) is 7.38. The number of piperidine rings is 1. The van der Waals surface area contributed by atoms with Gasteiger partial charge in [-0.2, -0.15) is 0 Å². The summed E-state index contributed by atoms with van der Waals surface area (Å²) in [5.41, 5.74) is 0. The maximum atomic E-state index is 13.0. The molecule has 1 aliphatic rings. The molecule has 0 spiro atoms. The van der Waals surface area contributed by atoms with Crippen LogP contribution >= 0.6 is 0 Å². The number of hydrogen-bond donors (Lipinski definition) is 0. The Morgan fingerprint density at radius 3 is 2.19 bits per heavy atom. The minimum Gasteiger partial charge on any atom is -0.303 e. The SMILES string of the molecule is CCCN1CCC(CC)(S(=O)(=O)c2ccc(F)cc2)CC1. The molecular weight excluding hydrogens is 289 g/mol. The molecule has 1 aromatic rings. The lowest BCUT2D eigenvalue weighted by atomic mass is 9.93. The molecule has 1 heterocycles. The summed E-state index contributed by atoms with van der Waals surface area (Å²) in [7, 11) is -3.42. The smallest absolute Gasteiger partial charge is 0.184 e. The molecule has 2 rings (SSSR count). The van der Waals surface area contributed by atoms with E-state index in [9.17, 15) is 12.8 Å². The molecule has 0 aliphatic carbocycles. The van der Waals surface area contributed by atoms with Gasteiger partial charge in [-0.1, -0.05) is 13.8 Å². The molecule has 0 N–H and O–H groups in total. The number of hydrogen-bond acceptors (Lipinski definition) is 3. The fourth-order valence-electron chi connectivity index (χ4n) is 3.18. The largest absolute Gasteiger partial charge is 0.303 e. The van der Waals surface area contributed by atoms with Crippen molar-refractivity contribution in [2.75, 3.05) is 19.6 Å². The second-order valence-corrected chi connectivity index (χ2v) is 8.18. The predicted molar refractivity (Wildman–Crippen MR) is 82.6 cm³/mol. The number of halogens is 1. The van der Waals surface area contributed by atoms with Gasteiger partial charge >= 0.3 is 0 Å². The van der Waals surface area contributed by atoms with Gasteiger partial charge in [-0.3, -0.25) is 0 Å². The maximum Gasteiger partial charge on any atom is 0.184 e. The summed E-state index contributed by atoms with van der Waals surface area (Å²) in [6.45, 7) is 6.74. The van der Waals surface area contributed by atoms with Gasteiger partial charge in [0.15, 0.2) is 9.84 Å². The first-order valence-electron chi connectivity index (χ1n) is 7.68.